The fourth-order valence-corrected chi connectivity index (χ4v) is 3.00. The Hall–Kier alpha value is -3.16. The lowest BCUT2D eigenvalue weighted by molar-refractivity contribution is -0.132. The fraction of sp³-hybridized carbons (Fsp3) is 0.250. The lowest BCUT2D eigenvalue weighted by atomic mass is 10.1. The summed E-state index contributed by atoms with van der Waals surface area (Å²) in [5.74, 6) is -0.266. The van der Waals surface area contributed by atoms with E-state index in [0.29, 0.717) is 30.4 Å². The van der Waals surface area contributed by atoms with Gasteiger partial charge in [-0.1, -0.05) is 12.1 Å². The normalized spacial score (nSPS) is 13.9. The van der Waals surface area contributed by atoms with Crippen molar-refractivity contribution in [3.8, 4) is 0 Å². The molecule has 0 unspecified atom stereocenters. The van der Waals surface area contributed by atoms with E-state index in [1.807, 2.05) is 0 Å². The Labute approximate surface area is 135 Å². The van der Waals surface area contributed by atoms with E-state index < -0.39 is 11.2 Å². The predicted octanol–water partition coefficient (Wildman–Crippen LogP) is -0.00220. The highest BCUT2D eigenvalue weighted by molar-refractivity contribution is 5.79. The molecule has 3 heterocycles. The molecule has 0 radical (unpaired) electrons. The highest BCUT2D eigenvalue weighted by Crippen LogP contribution is 2.15. The monoisotopic (exact) mass is 325 g/mol. The summed E-state index contributed by atoms with van der Waals surface area (Å²) >= 11 is 0. The number of para-hydroxylation sites is 1. The van der Waals surface area contributed by atoms with Crippen LogP contribution in [0.25, 0.3) is 10.9 Å². The van der Waals surface area contributed by atoms with Gasteiger partial charge in [0.15, 0.2) is 0 Å². The van der Waals surface area contributed by atoms with Crippen molar-refractivity contribution in [2.45, 2.75) is 19.5 Å². The van der Waals surface area contributed by atoms with Gasteiger partial charge in [-0.2, -0.15) is 0 Å². The van der Waals surface area contributed by atoms with Crippen molar-refractivity contribution >= 4 is 16.8 Å². The van der Waals surface area contributed by atoms with Crippen LogP contribution in [0.15, 0.2) is 40.2 Å². The van der Waals surface area contributed by atoms with Crippen LogP contribution in [-0.4, -0.2) is 36.9 Å². The van der Waals surface area contributed by atoms with Crippen LogP contribution in [-0.2, 0) is 24.3 Å². The maximum atomic E-state index is 12.5. The lowest BCUT2D eigenvalue weighted by Gasteiger charge is -2.26. The number of aromatic amines is 2. The molecule has 0 saturated heterocycles. The van der Waals surface area contributed by atoms with Crippen molar-refractivity contribution in [1.29, 1.82) is 0 Å². The minimum atomic E-state index is -0.578. The molecule has 1 amide bonds. The van der Waals surface area contributed by atoms with Gasteiger partial charge in [0.2, 0.25) is 5.91 Å². The Bertz CT molecular complexity index is 1050. The van der Waals surface area contributed by atoms with Gasteiger partial charge in [0.05, 0.1) is 35.2 Å². The van der Waals surface area contributed by atoms with E-state index in [2.05, 4.69) is 15.0 Å². The van der Waals surface area contributed by atoms with Gasteiger partial charge in [0, 0.05) is 13.0 Å². The summed E-state index contributed by atoms with van der Waals surface area (Å²) in [6.07, 6.45) is 2.27. The number of hydrogen-bond donors (Lipinski definition) is 2. The minimum Gasteiger partial charge on any atom is -0.347 e. The smallest absolute Gasteiger partial charge is 0.329 e. The van der Waals surface area contributed by atoms with Crippen LogP contribution < -0.4 is 11.2 Å². The first-order valence-corrected chi connectivity index (χ1v) is 7.64. The zero-order chi connectivity index (χ0) is 16.7. The largest absolute Gasteiger partial charge is 0.347 e. The zero-order valence-corrected chi connectivity index (χ0v) is 12.8. The Morgan fingerprint density at radius 2 is 2.08 bits per heavy atom. The highest BCUT2D eigenvalue weighted by atomic mass is 16.2. The molecule has 4 rings (SSSR count). The number of fused-ring (bicyclic) bond motifs is 2. The van der Waals surface area contributed by atoms with E-state index in [1.165, 1.54) is 0 Å². The molecular formula is C16H15N5O3. The van der Waals surface area contributed by atoms with Gasteiger partial charge in [-0.15, -0.1) is 0 Å². The number of benzene rings is 1. The molecule has 2 N–H and O–H groups in total. The van der Waals surface area contributed by atoms with Gasteiger partial charge in [-0.3, -0.25) is 14.2 Å². The highest BCUT2D eigenvalue weighted by Gasteiger charge is 2.23. The number of carbonyl (C=O) groups is 1. The number of aromatic nitrogens is 4. The molecular weight excluding hydrogens is 310 g/mol. The number of carbonyl (C=O) groups excluding carboxylic acids is 1. The second-order valence-electron chi connectivity index (χ2n) is 5.76. The number of nitrogens with one attached hydrogen (secondary N) is 2. The van der Waals surface area contributed by atoms with Gasteiger partial charge in [-0.25, -0.2) is 9.78 Å². The third-order valence-corrected chi connectivity index (χ3v) is 4.31. The zero-order valence-electron chi connectivity index (χ0n) is 12.8. The Balaban J connectivity index is 1.64. The van der Waals surface area contributed by atoms with E-state index in [9.17, 15) is 14.4 Å². The first-order chi connectivity index (χ1) is 11.6. The van der Waals surface area contributed by atoms with Gasteiger partial charge in [0.25, 0.3) is 5.56 Å². The molecule has 1 aliphatic rings. The molecule has 0 aliphatic carbocycles. The van der Waals surface area contributed by atoms with Crippen molar-refractivity contribution in [2.24, 2.45) is 0 Å². The summed E-state index contributed by atoms with van der Waals surface area (Å²) in [6.45, 7) is 0.661. The number of amides is 1. The molecule has 0 spiro atoms. The number of nitrogens with zero attached hydrogens (tertiary/aromatic N) is 3. The van der Waals surface area contributed by atoms with Crippen molar-refractivity contribution in [3.63, 3.8) is 0 Å². The molecule has 2 aromatic heterocycles. The van der Waals surface area contributed by atoms with E-state index in [-0.39, 0.29) is 12.5 Å². The summed E-state index contributed by atoms with van der Waals surface area (Å²) in [6, 6.07) is 6.75. The Kier molecular flexibility index (Phi) is 3.30. The first-order valence-electron chi connectivity index (χ1n) is 7.64. The van der Waals surface area contributed by atoms with Crippen LogP contribution in [0.2, 0.25) is 0 Å². The number of hydrogen-bond acceptors (Lipinski definition) is 4. The summed E-state index contributed by atoms with van der Waals surface area (Å²) in [5.41, 5.74) is 1.29. The van der Waals surface area contributed by atoms with Crippen molar-refractivity contribution in [3.05, 3.63) is 62.8 Å². The second kappa shape index (κ2) is 5.48. The van der Waals surface area contributed by atoms with Crippen LogP contribution in [0.5, 0.6) is 0 Å². The summed E-state index contributed by atoms with van der Waals surface area (Å²) < 4.78 is 0.952. The predicted molar refractivity (Wildman–Crippen MR) is 86.5 cm³/mol. The summed E-state index contributed by atoms with van der Waals surface area (Å²) in [5, 5.41) is 0.388. The third kappa shape index (κ3) is 2.32. The first kappa shape index (κ1) is 14.4. The molecule has 24 heavy (non-hydrogen) atoms. The molecule has 0 fully saturated rings. The van der Waals surface area contributed by atoms with E-state index in [4.69, 9.17) is 0 Å². The number of H-pyrrole nitrogens is 2. The molecule has 8 heteroatoms. The molecule has 122 valence electrons. The SMILES string of the molecule is O=C(Cn1c(=O)[nH]c2ccccc2c1=O)N1CCc2nc[nH]c2C1. The number of imidazole rings is 1. The van der Waals surface area contributed by atoms with Crippen LogP contribution in [0.1, 0.15) is 11.4 Å². The average Bonchev–Trinajstić information content (AvgIpc) is 3.06. The van der Waals surface area contributed by atoms with Crippen LogP contribution >= 0.6 is 0 Å². The van der Waals surface area contributed by atoms with Crippen molar-refractivity contribution in [1.82, 2.24) is 24.4 Å². The van der Waals surface area contributed by atoms with Gasteiger partial charge >= 0.3 is 5.69 Å². The minimum absolute atomic E-state index is 0.266. The Morgan fingerprint density at radius 1 is 1.25 bits per heavy atom. The van der Waals surface area contributed by atoms with Gasteiger partial charge in [-0.05, 0) is 12.1 Å². The fourth-order valence-electron chi connectivity index (χ4n) is 3.00. The maximum absolute atomic E-state index is 12.5. The van der Waals surface area contributed by atoms with Crippen LogP contribution in [0.3, 0.4) is 0 Å². The quantitative estimate of drug-likeness (QED) is 0.692. The summed E-state index contributed by atoms with van der Waals surface area (Å²) in [7, 11) is 0. The van der Waals surface area contributed by atoms with Gasteiger partial charge < -0.3 is 14.9 Å². The van der Waals surface area contributed by atoms with Gasteiger partial charge in [0.1, 0.15) is 6.54 Å². The van der Waals surface area contributed by atoms with Crippen molar-refractivity contribution < 1.29 is 4.79 Å². The molecule has 8 nitrogen and oxygen atoms in total. The molecule has 1 aromatic carbocycles. The van der Waals surface area contributed by atoms with E-state index in [0.717, 1.165) is 16.0 Å². The molecule has 0 atom stereocenters. The van der Waals surface area contributed by atoms with E-state index in [1.54, 1.807) is 35.5 Å². The third-order valence-electron chi connectivity index (χ3n) is 4.31. The summed E-state index contributed by atoms with van der Waals surface area (Å²) in [4.78, 5) is 48.6. The molecule has 0 saturated carbocycles. The molecule has 1 aliphatic heterocycles. The van der Waals surface area contributed by atoms with Crippen LogP contribution in [0, 0.1) is 0 Å². The number of rotatable bonds is 2. The average molecular weight is 325 g/mol. The Morgan fingerprint density at radius 3 is 2.96 bits per heavy atom. The molecule has 0 bridgehead atoms. The lowest BCUT2D eigenvalue weighted by Crippen LogP contribution is -2.43. The van der Waals surface area contributed by atoms with E-state index >= 15 is 0 Å². The second-order valence-corrected chi connectivity index (χ2v) is 5.76. The maximum Gasteiger partial charge on any atom is 0.329 e. The molecule has 3 aromatic rings. The van der Waals surface area contributed by atoms with Crippen molar-refractivity contribution in [2.75, 3.05) is 6.54 Å². The van der Waals surface area contributed by atoms with Crippen LogP contribution in [0.4, 0.5) is 0 Å². The topological polar surface area (TPSA) is 104 Å². The standard InChI is InChI=1S/C16H15N5O3/c22-14(20-6-5-12-13(7-20)18-9-17-12)8-21-15(23)10-3-1-2-4-11(10)19-16(21)24/h1-4,9H,5-8H2,(H,17,18)(H,19,24).